The molecule has 2 rings (SSSR count). The van der Waals surface area contributed by atoms with Crippen LogP contribution in [0.3, 0.4) is 0 Å². The molecule has 0 radical (unpaired) electrons. The van der Waals surface area contributed by atoms with Crippen molar-refractivity contribution in [2.45, 2.75) is 6.54 Å². The summed E-state index contributed by atoms with van der Waals surface area (Å²) < 4.78 is 26.7. The molecule has 2 aromatic rings. The van der Waals surface area contributed by atoms with E-state index in [0.29, 0.717) is 24.6 Å². The van der Waals surface area contributed by atoms with E-state index in [1.807, 2.05) is 6.07 Å². The fourth-order valence-corrected chi connectivity index (χ4v) is 2.13. The number of halogens is 3. The number of aliphatic imine (C=N–C) groups is 1. The number of hydrogen-bond donors (Lipinski definition) is 3. The Morgan fingerprint density at radius 3 is 2.38 bits per heavy atom. The molecule has 8 heteroatoms. The second-order valence-electron chi connectivity index (χ2n) is 5.21. The summed E-state index contributed by atoms with van der Waals surface area (Å²) >= 11 is 0. The molecule has 1 amide bonds. The molecule has 0 saturated heterocycles. The zero-order chi connectivity index (χ0) is 18.1. The average Bonchev–Trinajstić information content (AvgIpc) is 2.64. The second kappa shape index (κ2) is 11.4. The van der Waals surface area contributed by atoms with E-state index in [4.69, 9.17) is 0 Å². The molecule has 0 saturated carbocycles. The number of rotatable bonds is 6. The van der Waals surface area contributed by atoms with E-state index in [-0.39, 0.29) is 42.0 Å². The van der Waals surface area contributed by atoms with Crippen molar-refractivity contribution < 1.29 is 13.6 Å². The van der Waals surface area contributed by atoms with E-state index >= 15 is 0 Å². The van der Waals surface area contributed by atoms with Crippen LogP contribution < -0.4 is 16.0 Å². The lowest BCUT2D eigenvalue weighted by molar-refractivity contribution is 0.0954. The Morgan fingerprint density at radius 2 is 1.69 bits per heavy atom. The average molecular weight is 474 g/mol. The number of benzene rings is 2. The largest absolute Gasteiger partial charge is 0.355 e. The number of hydrogen-bond acceptors (Lipinski definition) is 2. The highest BCUT2D eigenvalue weighted by Crippen LogP contribution is 2.08. The first-order valence-electron chi connectivity index (χ1n) is 7.82. The van der Waals surface area contributed by atoms with Crippen molar-refractivity contribution in [3.63, 3.8) is 0 Å². The molecule has 5 nitrogen and oxygen atoms in total. The number of nitrogens with one attached hydrogen (secondary N) is 3. The minimum absolute atomic E-state index is 0. The van der Waals surface area contributed by atoms with E-state index in [1.165, 1.54) is 0 Å². The van der Waals surface area contributed by atoms with Crippen LogP contribution in [0.2, 0.25) is 0 Å². The minimum Gasteiger partial charge on any atom is -0.355 e. The van der Waals surface area contributed by atoms with Gasteiger partial charge in [0.15, 0.2) is 5.96 Å². The monoisotopic (exact) mass is 474 g/mol. The zero-order valence-electron chi connectivity index (χ0n) is 14.3. The van der Waals surface area contributed by atoms with Crippen LogP contribution in [0.25, 0.3) is 0 Å². The quantitative estimate of drug-likeness (QED) is 0.261. The van der Waals surface area contributed by atoms with Gasteiger partial charge in [-0.25, -0.2) is 8.78 Å². The van der Waals surface area contributed by atoms with E-state index in [2.05, 4.69) is 20.9 Å². The van der Waals surface area contributed by atoms with Gasteiger partial charge in [0.2, 0.25) is 0 Å². The first-order valence-corrected chi connectivity index (χ1v) is 7.82. The Kier molecular flexibility index (Phi) is 9.56. The van der Waals surface area contributed by atoms with Gasteiger partial charge in [0.05, 0.1) is 0 Å². The van der Waals surface area contributed by atoms with Gasteiger partial charge >= 0.3 is 0 Å². The van der Waals surface area contributed by atoms with Gasteiger partial charge in [-0.05, 0) is 30.3 Å². The fourth-order valence-electron chi connectivity index (χ4n) is 2.13. The normalized spacial score (nSPS) is 10.7. The third kappa shape index (κ3) is 6.95. The van der Waals surface area contributed by atoms with Crippen LogP contribution in [0.4, 0.5) is 8.78 Å². The molecule has 140 valence electrons. The first kappa shape index (κ1) is 21.8. The second-order valence-corrected chi connectivity index (χ2v) is 5.21. The van der Waals surface area contributed by atoms with Crippen molar-refractivity contribution in [3.8, 4) is 0 Å². The molecule has 3 N–H and O–H groups in total. The highest BCUT2D eigenvalue weighted by atomic mass is 127. The molecule has 0 fully saturated rings. The molecule has 0 unspecified atom stereocenters. The highest BCUT2D eigenvalue weighted by molar-refractivity contribution is 14.0. The predicted octanol–water partition coefficient (Wildman–Crippen LogP) is 2.68. The summed E-state index contributed by atoms with van der Waals surface area (Å²) in [6, 6.07) is 12.2. The summed E-state index contributed by atoms with van der Waals surface area (Å²) in [5, 5.41) is 8.66. The SMILES string of the molecule is CN=C(NCCNC(=O)c1ccccc1)NCc1cc(F)ccc1F.I. The molecule has 0 aliphatic rings. The van der Waals surface area contributed by atoms with E-state index in [0.717, 1.165) is 18.2 Å². The van der Waals surface area contributed by atoms with Gasteiger partial charge in [0.25, 0.3) is 5.91 Å². The summed E-state index contributed by atoms with van der Waals surface area (Å²) in [6.45, 7) is 0.923. The predicted molar refractivity (Wildman–Crippen MR) is 109 cm³/mol. The Balaban J connectivity index is 0.00000338. The van der Waals surface area contributed by atoms with Gasteiger partial charge < -0.3 is 16.0 Å². The third-order valence-electron chi connectivity index (χ3n) is 3.42. The molecular weight excluding hydrogens is 453 g/mol. The molecule has 26 heavy (non-hydrogen) atoms. The van der Waals surface area contributed by atoms with Gasteiger partial charge in [0, 0.05) is 37.8 Å². The van der Waals surface area contributed by atoms with Gasteiger partial charge in [-0.15, -0.1) is 24.0 Å². The number of carbonyl (C=O) groups is 1. The number of amides is 1. The summed E-state index contributed by atoms with van der Waals surface area (Å²) in [7, 11) is 1.57. The smallest absolute Gasteiger partial charge is 0.251 e. The number of guanidine groups is 1. The molecule has 0 aromatic heterocycles. The van der Waals surface area contributed by atoms with E-state index in [9.17, 15) is 13.6 Å². The van der Waals surface area contributed by atoms with Crippen molar-refractivity contribution in [2.24, 2.45) is 4.99 Å². The van der Waals surface area contributed by atoms with Crippen molar-refractivity contribution >= 4 is 35.8 Å². The highest BCUT2D eigenvalue weighted by Gasteiger charge is 2.06. The van der Waals surface area contributed by atoms with Crippen LogP contribution in [0.15, 0.2) is 53.5 Å². The molecule has 2 aromatic carbocycles. The Labute approximate surface area is 168 Å². The van der Waals surface area contributed by atoms with Crippen LogP contribution in [-0.2, 0) is 6.54 Å². The van der Waals surface area contributed by atoms with Gasteiger partial charge in [-0.1, -0.05) is 18.2 Å². The molecule has 0 spiro atoms. The maximum atomic E-state index is 13.6. The fraction of sp³-hybridized carbons (Fsp3) is 0.222. The standard InChI is InChI=1S/C18H20F2N4O.HI/c1-21-18(24-12-14-11-15(19)7-8-16(14)20)23-10-9-22-17(25)13-5-3-2-4-6-13;/h2-8,11H,9-10,12H2,1H3,(H,22,25)(H2,21,23,24);1H. The number of carbonyl (C=O) groups excluding carboxylic acids is 1. The van der Waals surface area contributed by atoms with Crippen LogP contribution >= 0.6 is 24.0 Å². The molecule has 0 aliphatic heterocycles. The lowest BCUT2D eigenvalue weighted by Crippen LogP contribution is -2.41. The molecule has 0 aliphatic carbocycles. The van der Waals surface area contributed by atoms with Crippen molar-refractivity contribution in [3.05, 3.63) is 71.3 Å². The summed E-state index contributed by atoms with van der Waals surface area (Å²) in [6.07, 6.45) is 0. The molecule has 0 heterocycles. The Hall–Kier alpha value is -2.23. The van der Waals surface area contributed by atoms with Crippen LogP contribution in [0.1, 0.15) is 15.9 Å². The molecular formula is C18H21F2IN4O. The van der Waals surface area contributed by atoms with Gasteiger partial charge in [0.1, 0.15) is 11.6 Å². The zero-order valence-corrected chi connectivity index (χ0v) is 16.6. The van der Waals surface area contributed by atoms with Crippen LogP contribution in [-0.4, -0.2) is 32.0 Å². The van der Waals surface area contributed by atoms with E-state index < -0.39 is 11.6 Å². The molecule has 0 atom stereocenters. The third-order valence-corrected chi connectivity index (χ3v) is 3.42. The van der Waals surface area contributed by atoms with Crippen LogP contribution in [0.5, 0.6) is 0 Å². The van der Waals surface area contributed by atoms with Crippen molar-refractivity contribution in [1.29, 1.82) is 0 Å². The van der Waals surface area contributed by atoms with Crippen molar-refractivity contribution in [1.82, 2.24) is 16.0 Å². The Morgan fingerprint density at radius 1 is 1.00 bits per heavy atom. The summed E-state index contributed by atoms with van der Waals surface area (Å²) in [4.78, 5) is 15.9. The Bertz CT molecular complexity index is 741. The maximum absolute atomic E-state index is 13.6. The van der Waals surface area contributed by atoms with Gasteiger partial charge in [-0.3, -0.25) is 9.79 Å². The summed E-state index contributed by atoms with van der Waals surface area (Å²) in [5.41, 5.74) is 0.798. The minimum atomic E-state index is -0.496. The summed E-state index contributed by atoms with van der Waals surface area (Å²) in [5.74, 6) is -0.714. The lowest BCUT2D eigenvalue weighted by Gasteiger charge is -2.13. The van der Waals surface area contributed by atoms with Crippen LogP contribution in [0, 0.1) is 11.6 Å². The lowest BCUT2D eigenvalue weighted by atomic mass is 10.2. The van der Waals surface area contributed by atoms with Gasteiger partial charge in [-0.2, -0.15) is 0 Å². The number of nitrogens with zero attached hydrogens (tertiary/aromatic N) is 1. The maximum Gasteiger partial charge on any atom is 0.251 e. The van der Waals surface area contributed by atoms with E-state index in [1.54, 1.807) is 31.3 Å². The topological polar surface area (TPSA) is 65.5 Å². The molecule has 0 bridgehead atoms. The van der Waals surface area contributed by atoms with Crippen molar-refractivity contribution in [2.75, 3.05) is 20.1 Å². The first-order chi connectivity index (χ1) is 12.1.